The Bertz CT molecular complexity index is 1400. The lowest BCUT2D eigenvalue weighted by Crippen LogP contribution is -2.52. The van der Waals surface area contributed by atoms with Crippen LogP contribution in [0.1, 0.15) is 60.3 Å². The number of hydrogen-bond donors (Lipinski definition) is 2. The summed E-state index contributed by atoms with van der Waals surface area (Å²) in [5.41, 5.74) is 1.18. The van der Waals surface area contributed by atoms with Crippen molar-refractivity contribution in [1.29, 1.82) is 0 Å². The molecule has 9 nitrogen and oxygen atoms in total. The van der Waals surface area contributed by atoms with Gasteiger partial charge in [-0.05, 0) is 43.5 Å². The SMILES string of the molecule is Cc1ncc2n1CC(c1cccc(F)c1F)CC[C@H]2NC(=O)N1CCC2(CC1)OC(=O)Nc1ncccc12. The molecule has 0 radical (unpaired) electrons. The van der Waals surface area contributed by atoms with Crippen LogP contribution in [0.25, 0.3) is 0 Å². The highest BCUT2D eigenvalue weighted by atomic mass is 19.2. The summed E-state index contributed by atoms with van der Waals surface area (Å²) >= 11 is 0. The van der Waals surface area contributed by atoms with Crippen LogP contribution in [-0.2, 0) is 16.9 Å². The fourth-order valence-electron chi connectivity index (χ4n) is 5.97. The van der Waals surface area contributed by atoms with Gasteiger partial charge in [0.1, 0.15) is 17.2 Å². The number of ether oxygens (including phenoxy) is 1. The molecule has 3 aliphatic rings. The van der Waals surface area contributed by atoms with Crippen LogP contribution in [0.5, 0.6) is 0 Å². The Morgan fingerprint density at radius 3 is 2.79 bits per heavy atom. The number of nitrogens with zero attached hydrogens (tertiary/aromatic N) is 4. The zero-order chi connectivity index (χ0) is 26.4. The summed E-state index contributed by atoms with van der Waals surface area (Å²) in [4.78, 5) is 36.0. The number of imidazole rings is 1. The summed E-state index contributed by atoms with van der Waals surface area (Å²) in [7, 11) is 0. The number of benzene rings is 1. The highest BCUT2D eigenvalue weighted by molar-refractivity contribution is 5.87. The van der Waals surface area contributed by atoms with Gasteiger partial charge in [-0.1, -0.05) is 12.1 Å². The lowest BCUT2D eigenvalue weighted by Gasteiger charge is -2.43. The second-order valence-electron chi connectivity index (χ2n) is 10.2. The number of pyridine rings is 1. The molecular weight excluding hydrogens is 494 g/mol. The maximum Gasteiger partial charge on any atom is 0.413 e. The molecule has 198 valence electrons. The maximum atomic E-state index is 14.6. The number of likely N-dealkylation sites (tertiary alicyclic amines) is 1. The van der Waals surface area contributed by atoms with Gasteiger partial charge in [-0.15, -0.1) is 0 Å². The van der Waals surface area contributed by atoms with Crippen molar-refractivity contribution in [1.82, 2.24) is 24.8 Å². The zero-order valence-corrected chi connectivity index (χ0v) is 20.9. The van der Waals surface area contributed by atoms with Crippen molar-refractivity contribution in [2.75, 3.05) is 18.4 Å². The molecular formula is C27H28F2N6O3. The van der Waals surface area contributed by atoms with Gasteiger partial charge in [-0.25, -0.2) is 28.3 Å². The Morgan fingerprint density at radius 1 is 1.16 bits per heavy atom. The van der Waals surface area contributed by atoms with Gasteiger partial charge < -0.3 is 19.5 Å². The van der Waals surface area contributed by atoms with E-state index in [9.17, 15) is 18.4 Å². The van der Waals surface area contributed by atoms with Crippen LogP contribution >= 0.6 is 0 Å². The van der Waals surface area contributed by atoms with E-state index in [2.05, 4.69) is 20.6 Å². The Labute approximate surface area is 218 Å². The molecule has 1 aromatic carbocycles. The smallest absolute Gasteiger partial charge is 0.413 e. The van der Waals surface area contributed by atoms with E-state index in [1.54, 1.807) is 29.4 Å². The average molecular weight is 523 g/mol. The van der Waals surface area contributed by atoms with Crippen molar-refractivity contribution >= 4 is 17.9 Å². The van der Waals surface area contributed by atoms with Gasteiger partial charge in [0.15, 0.2) is 11.6 Å². The van der Waals surface area contributed by atoms with Crippen LogP contribution in [0.2, 0.25) is 0 Å². The van der Waals surface area contributed by atoms with Crippen LogP contribution in [-0.4, -0.2) is 44.6 Å². The highest BCUT2D eigenvalue weighted by Gasteiger charge is 2.46. The molecule has 2 aromatic heterocycles. The molecule has 11 heteroatoms. The van der Waals surface area contributed by atoms with Crippen LogP contribution in [0.3, 0.4) is 0 Å². The van der Waals surface area contributed by atoms with E-state index in [0.29, 0.717) is 56.7 Å². The topological polar surface area (TPSA) is 101 Å². The van der Waals surface area contributed by atoms with E-state index < -0.39 is 23.3 Å². The van der Waals surface area contributed by atoms with E-state index in [0.717, 1.165) is 23.1 Å². The number of rotatable bonds is 2. The number of anilines is 1. The molecule has 3 aliphatic heterocycles. The van der Waals surface area contributed by atoms with Crippen LogP contribution in [0.4, 0.5) is 24.2 Å². The van der Waals surface area contributed by atoms with Crippen molar-refractivity contribution in [2.45, 2.75) is 56.7 Å². The molecule has 1 unspecified atom stereocenters. The van der Waals surface area contributed by atoms with E-state index in [1.165, 1.54) is 6.07 Å². The Balaban J connectivity index is 1.17. The summed E-state index contributed by atoms with van der Waals surface area (Å²) < 4.78 is 36.3. The number of halogens is 2. The molecule has 2 atom stereocenters. The second-order valence-corrected chi connectivity index (χ2v) is 10.2. The van der Waals surface area contributed by atoms with Gasteiger partial charge >= 0.3 is 12.1 Å². The number of carbonyl (C=O) groups is 2. The molecule has 5 heterocycles. The van der Waals surface area contributed by atoms with Gasteiger partial charge in [0.2, 0.25) is 0 Å². The molecule has 6 rings (SSSR count). The lowest BCUT2D eigenvalue weighted by molar-refractivity contribution is -0.0308. The van der Waals surface area contributed by atoms with Crippen LogP contribution in [0, 0.1) is 18.6 Å². The molecule has 0 saturated carbocycles. The summed E-state index contributed by atoms with van der Waals surface area (Å²) in [6.45, 7) is 3.11. The number of fused-ring (bicyclic) bond motifs is 3. The Morgan fingerprint density at radius 2 is 1.97 bits per heavy atom. The lowest BCUT2D eigenvalue weighted by atomic mass is 9.83. The fourth-order valence-corrected chi connectivity index (χ4v) is 5.97. The van der Waals surface area contributed by atoms with Crippen molar-refractivity contribution in [2.24, 2.45) is 0 Å². The first kappa shape index (κ1) is 24.3. The fraction of sp³-hybridized carbons (Fsp3) is 0.407. The summed E-state index contributed by atoms with van der Waals surface area (Å²) in [6, 6.07) is 7.41. The maximum absolute atomic E-state index is 14.6. The van der Waals surface area contributed by atoms with E-state index in [-0.39, 0.29) is 18.0 Å². The molecule has 2 N–H and O–H groups in total. The second kappa shape index (κ2) is 9.38. The van der Waals surface area contributed by atoms with Crippen molar-refractivity contribution in [3.8, 4) is 0 Å². The number of piperidine rings is 1. The standard InChI is InChI=1S/C27H28F2N6O3/c1-16-31-14-22-21(8-7-17(15-35(16)22)18-4-2-6-20(28)23(18)29)32-25(36)34-12-9-27(10-13-34)19-5-3-11-30-24(19)33-26(37)38-27/h2-6,11,14,17,21H,7-10,12-13,15H2,1H3,(H,32,36)(H,30,33,37)/t17?,21-/m1/s1. The first-order valence-corrected chi connectivity index (χ1v) is 12.8. The quantitative estimate of drug-likeness (QED) is 0.506. The van der Waals surface area contributed by atoms with E-state index in [1.807, 2.05) is 17.6 Å². The molecule has 38 heavy (non-hydrogen) atoms. The first-order chi connectivity index (χ1) is 18.3. The van der Waals surface area contributed by atoms with Gasteiger partial charge in [0, 0.05) is 50.2 Å². The number of hydrogen-bond acceptors (Lipinski definition) is 5. The summed E-state index contributed by atoms with van der Waals surface area (Å²) in [6.07, 6.45) is 4.85. The number of urea groups is 1. The molecule has 0 bridgehead atoms. The third-order valence-corrected chi connectivity index (χ3v) is 8.03. The van der Waals surface area contributed by atoms with Crippen molar-refractivity contribution < 1.29 is 23.1 Å². The van der Waals surface area contributed by atoms with E-state index in [4.69, 9.17) is 4.74 Å². The first-order valence-electron chi connectivity index (χ1n) is 12.8. The molecule has 1 fully saturated rings. The number of aryl methyl sites for hydroxylation is 1. The van der Waals surface area contributed by atoms with Gasteiger partial charge in [-0.3, -0.25) is 5.32 Å². The summed E-state index contributed by atoms with van der Waals surface area (Å²) in [5.74, 6) is -0.690. The normalized spacial score (nSPS) is 22.1. The van der Waals surface area contributed by atoms with Gasteiger partial charge in [0.25, 0.3) is 0 Å². The molecule has 3 aromatic rings. The average Bonchev–Trinajstić information content (AvgIpc) is 3.17. The van der Waals surface area contributed by atoms with Gasteiger partial charge in [-0.2, -0.15) is 0 Å². The van der Waals surface area contributed by atoms with Crippen LogP contribution in [0.15, 0.2) is 42.7 Å². The molecule has 0 aliphatic carbocycles. The third kappa shape index (κ3) is 4.15. The number of aromatic nitrogens is 3. The minimum absolute atomic E-state index is 0.225. The van der Waals surface area contributed by atoms with E-state index >= 15 is 0 Å². The predicted octanol–water partition coefficient (Wildman–Crippen LogP) is 4.75. The Kier molecular flexibility index (Phi) is 6.00. The number of amides is 3. The largest absolute Gasteiger partial charge is 0.437 e. The van der Waals surface area contributed by atoms with Crippen molar-refractivity contribution in [3.05, 3.63) is 77.0 Å². The minimum Gasteiger partial charge on any atom is -0.437 e. The predicted molar refractivity (Wildman–Crippen MR) is 133 cm³/mol. The molecule has 3 amide bonds. The van der Waals surface area contributed by atoms with Gasteiger partial charge in [0.05, 0.1) is 17.9 Å². The Hall–Kier alpha value is -4.02. The van der Waals surface area contributed by atoms with Crippen LogP contribution < -0.4 is 10.6 Å². The molecule has 1 saturated heterocycles. The third-order valence-electron chi connectivity index (χ3n) is 8.03. The monoisotopic (exact) mass is 522 g/mol. The number of nitrogens with one attached hydrogen (secondary N) is 2. The van der Waals surface area contributed by atoms with Crippen molar-refractivity contribution in [3.63, 3.8) is 0 Å². The zero-order valence-electron chi connectivity index (χ0n) is 20.9. The number of carbonyl (C=O) groups excluding carboxylic acids is 2. The molecule has 1 spiro atoms. The highest BCUT2D eigenvalue weighted by Crippen LogP contribution is 2.43. The minimum atomic E-state index is -0.861. The summed E-state index contributed by atoms with van der Waals surface area (Å²) in [5, 5.41) is 5.78.